The lowest BCUT2D eigenvalue weighted by Crippen LogP contribution is -2.18. The van der Waals surface area contributed by atoms with Gasteiger partial charge >= 0.3 is 6.18 Å². The third-order valence-corrected chi connectivity index (χ3v) is 3.36. The molecule has 0 bridgehead atoms. The fourth-order valence-corrected chi connectivity index (χ4v) is 1.98. The zero-order valence-corrected chi connectivity index (χ0v) is 11.8. The Morgan fingerprint density at radius 3 is 2.40 bits per heavy atom. The number of carbonyl (C=O) groups is 1. The maximum atomic E-state index is 12.6. The van der Waals surface area contributed by atoms with Gasteiger partial charge in [-0.05, 0) is 36.9 Å². The Morgan fingerprint density at radius 2 is 1.85 bits per heavy atom. The van der Waals surface area contributed by atoms with Crippen LogP contribution < -0.4 is 5.73 Å². The molecule has 2 nitrogen and oxygen atoms in total. The minimum Gasteiger partial charge on any atom is -0.330 e. The number of nitrogens with two attached hydrogens (primary N) is 1. The first-order chi connectivity index (χ1) is 9.15. The number of benzene rings is 1. The summed E-state index contributed by atoms with van der Waals surface area (Å²) in [5, 5.41) is 0. The summed E-state index contributed by atoms with van der Waals surface area (Å²) >= 11 is 0. The second-order valence-corrected chi connectivity index (χ2v) is 5.70. The van der Waals surface area contributed by atoms with Crippen LogP contribution in [0.5, 0.6) is 0 Å². The van der Waals surface area contributed by atoms with Gasteiger partial charge in [-0.15, -0.1) is 0 Å². The molecule has 0 aromatic heterocycles. The molecule has 1 aromatic carbocycles. The monoisotopic (exact) mass is 287 g/mol. The van der Waals surface area contributed by atoms with E-state index in [0.717, 1.165) is 18.6 Å². The molecule has 0 spiro atoms. The maximum Gasteiger partial charge on any atom is 0.416 e. The molecule has 0 fully saturated rings. The van der Waals surface area contributed by atoms with Crippen LogP contribution in [0.1, 0.15) is 49.0 Å². The number of Topliss-reactive ketones (excluding diaryl/α,β-unsaturated/α-hetero) is 1. The molecule has 1 rings (SSSR count). The highest BCUT2D eigenvalue weighted by molar-refractivity contribution is 5.96. The Labute approximate surface area is 117 Å². The van der Waals surface area contributed by atoms with Crippen molar-refractivity contribution in [3.63, 3.8) is 0 Å². The number of hydrogen-bond donors (Lipinski definition) is 1. The van der Waals surface area contributed by atoms with Crippen molar-refractivity contribution in [1.29, 1.82) is 0 Å². The lowest BCUT2D eigenvalue weighted by Gasteiger charge is -2.23. The second kappa shape index (κ2) is 6.39. The van der Waals surface area contributed by atoms with Crippen molar-refractivity contribution in [2.45, 2.75) is 39.3 Å². The van der Waals surface area contributed by atoms with E-state index in [2.05, 4.69) is 0 Å². The minimum absolute atomic E-state index is 0.0773. The molecule has 0 saturated carbocycles. The quantitative estimate of drug-likeness (QED) is 0.802. The van der Waals surface area contributed by atoms with Crippen LogP contribution >= 0.6 is 0 Å². The molecule has 0 heterocycles. The van der Waals surface area contributed by atoms with Crippen molar-refractivity contribution >= 4 is 5.78 Å². The van der Waals surface area contributed by atoms with Gasteiger partial charge in [-0.1, -0.05) is 26.0 Å². The maximum absolute atomic E-state index is 12.6. The summed E-state index contributed by atoms with van der Waals surface area (Å²) in [6.07, 6.45) is -2.80. The van der Waals surface area contributed by atoms with Gasteiger partial charge in [0.2, 0.25) is 0 Å². The molecule has 112 valence electrons. The molecule has 0 unspecified atom stereocenters. The number of hydrogen-bond acceptors (Lipinski definition) is 2. The van der Waals surface area contributed by atoms with E-state index in [9.17, 15) is 18.0 Å². The number of rotatable bonds is 6. The Morgan fingerprint density at radius 1 is 1.20 bits per heavy atom. The van der Waals surface area contributed by atoms with Gasteiger partial charge in [0, 0.05) is 12.0 Å². The average molecular weight is 287 g/mol. The van der Waals surface area contributed by atoms with E-state index >= 15 is 0 Å². The third kappa shape index (κ3) is 4.96. The van der Waals surface area contributed by atoms with E-state index in [0.29, 0.717) is 13.0 Å². The fraction of sp³-hybridized carbons (Fsp3) is 0.533. The van der Waals surface area contributed by atoms with Crippen LogP contribution in [0, 0.1) is 5.41 Å². The van der Waals surface area contributed by atoms with E-state index in [1.165, 1.54) is 12.1 Å². The molecule has 20 heavy (non-hydrogen) atoms. The molecule has 5 heteroatoms. The van der Waals surface area contributed by atoms with Gasteiger partial charge in [-0.3, -0.25) is 4.79 Å². The molecule has 0 saturated heterocycles. The largest absolute Gasteiger partial charge is 0.416 e. The number of carbonyl (C=O) groups excluding carboxylic acids is 1. The molecule has 0 radical (unpaired) electrons. The lowest BCUT2D eigenvalue weighted by atomic mass is 9.83. The van der Waals surface area contributed by atoms with Gasteiger partial charge in [0.05, 0.1) is 5.56 Å². The van der Waals surface area contributed by atoms with E-state index in [4.69, 9.17) is 5.73 Å². The van der Waals surface area contributed by atoms with E-state index < -0.39 is 11.7 Å². The molecule has 0 aliphatic heterocycles. The SMILES string of the molecule is CC(C)(CCN)CCC(=O)c1cccc(C(F)(F)F)c1. The predicted octanol–water partition coefficient (Wildman–Crippen LogP) is 4.04. The summed E-state index contributed by atoms with van der Waals surface area (Å²) in [7, 11) is 0. The molecule has 0 aliphatic rings. The predicted molar refractivity (Wildman–Crippen MR) is 72.5 cm³/mol. The van der Waals surface area contributed by atoms with Crippen LogP contribution in [-0.4, -0.2) is 12.3 Å². The Hall–Kier alpha value is -1.36. The average Bonchev–Trinajstić information content (AvgIpc) is 2.35. The summed E-state index contributed by atoms with van der Waals surface area (Å²) in [6, 6.07) is 4.57. The topological polar surface area (TPSA) is 43.1 Å². The van der Waals surface area contributed by atoms with Crippen molar-refractivity contribution < 1.29 is 18.0 Å². The molecule has 0 atom stereocenters. The van der Waals surface area contributed by atoms with Gasteiger partial charge < -0.3 is 5.73 Å². The van der Waals surface area contributed by atoms with Crippen molar-refractivity contribution in [1.82, 2.24) is 0 Å². The van der Waals surface area contributed by atoms with Crippen molar-refractivity contribution in [3.8, 4) is 0 Å². The van der Waals surface area contributed by atoms with Crippen molar-refractivity contribution in [2.75, 3.05) is 6.54 Å². The second-order valence-electron chi connectivity index (χ2n) is 5.70. The van der Waals surface area contributed by atoms with Gasteiger partial charge in [0.1, 0.15) is 0 Å². The van der Waals surface area contributed by atoms with Gasteiger partial charge in [-0.25, -0.2) is 0 Å². The van der Waals surface area contributed by atoms with Gasteiger partial charge in [0.15, 0.2) is 5.78 Å². The molecule has 0 amide bonds. The van der Waals surface area contributed by atoms with Crippen molar-refractivity contribution in [3.05, 3.63) is 35.4 Å². The van der Waals surface area contributed by atoms with E-state index in [1.807, 2.05) is 13.8 Å². The smallest absolute Gasteiger partial charge is 0.330 e. The number of ketones is 1. The first kappa shape index (κ1) is 16.7. The highest BCUT2D eigenvalue weighted by Crippen LogP contribution is 2.31. The zero-order chi connectivity index (χ0) is 15.4. The zero-order valence-electron chi connectivity index (χ0n) is 11.8. The molecular formula is C15H20F3NO. The summed E-state index contributed by atoms with van der Waals surface area (Å²) in [6.45, 7) is 4.53. The normalized spacial score (nSPS) is 12.5. The highest BCUT2D eigenvalue weighted by atomic mass is 19.4. The fourth-order valence-electron chi connectivity index (χ4n) is 1.98. The lowest BCUT2D eigenvalue weighted by molar-refractivity contribution is -0.137. The summed E-state index contributed by atoms with van der Waals surface area (Å²) in [5.74, 6) is -0.263. The van der Waals surface area contributed by atoms with Gasteiger partial charge in [0.25, 0.3) is 0 Å². The van der Waals surface area contributed by atoms with Crippen LogP contribution in [-0.2, 0) is 6.18 Å². The van der Waals surface area contributed by atoms with Crippen LogP contribution in [0.3, 0.4) is 0 Å². The molecular weight excluding hydrogens is 267 g/mol. The Balaban J connectivity index is 2.74. The van der Waals surface area contributed by atoms with Crippen LogP contribution in [0.25, 0.3) is 0 Å². The first-order valence-corrected chi connectivity index (χ1v) is 6.56. The molecule has 1 aromatic rings. The van der Waals surface area contributed by atoms with Gasteiger partial charge in [-0.2, -0.15) is 13.2 Å². The Bertz CT molecular complexity index is 466. The standard InChI is InChI=1S/C15H20F3NO/c1-14(2,8-9-19)7-6-13(20)11-4-3-5-12(10-11)15(16,17)18/h3-5,10H,6-9,19H2,1-2H3. The van der Waals surface area contributed by atoms with Crippen LogP contribution in [0.15, 0.2) is 24.3 Å². The highest BCUT2D eigenvalue weighted by Gasteiger charge is 2.31. The number of halogens is 3. The van der Waals surface area contributed by atoms with Crippen molar-refractivity contribution in [2.24, 2.45) is 11.1 Å². The van der Waals surface area contributed by atoms with E-state index in [-0.39, 0.29) is 23.2 Å². The number of alkyl halides is 3. The summed E-state index contributed by atoms with van der Waals surface area (Å²) in [4.78, 5) is 12.0. The van der Waals surface area contributed by atoms with E-state index in [1.54, 1.807) is 0 Å². The van der Waals surface area contributed by atoms with Crippen LogP contribution in [0.4, 0.5) is 13.2 Å². The van der Waals surface area contributed by atoms with Crippen LogP contribution in [0.2, 0.25) is 0 Å². The Kier molecular flexibility index (Phi) is 5.34. The molecule has 2 N–H and O–H groups in total. The third-order valence-electron chi connectivity index (χ3n) is 3.36. The minimum atomic E-state index is -4.42. The first-order valence-electron chi connectivity index (χ1n) is 6.56. The molecule has 0 aliphatic carbocycles. The summed E-state index contributed by atoms with van der Waals surface area (Å²) in [5.41, 5.74) is 4.74. The summed E-state index contributed by atoms with van der Waals surface area (Å²) < 4.78 is 37.7.